The lowest BCUT2D eigenvalue weighted by Crippen LogP contribution is -2.11. The molecular formula is C17H16Cl2O2. The molecule has 0 spiro atoms. The molecule has 110 valence electrons. The average molecular weight is 323 g/mol. The normalized spacial score (nSPS) is 14.4. The third-order valence-corrected chi connectivity index (χ3v) is 4.28. The minimum Gasteiger partial charge on any atom is -0.394 e. The molecule has 3 rings (SSSR count). The zero-order valence-electron chi connectivity index (χ0n) is 11.5. The standard InChI is InChI=1S/C17H16Cl2O2/c18-13-3-5-15-11(9-13)1-2-12-10-14(19)4-6-16(12)17(15)21-8-7-20/h3-6,9-10,17,20H,1-2,7-8H2. The molecule has 0 amide bonds. The summed E-state index contributed by atoms with van der Waals surface area (Å²) in [5.41, 5.74) is 4.62. The fraction of sp³-hybridized carbons (Fsp3) is 0.294. The number of hydrogen-bond donors (Lipinski definition) is 1. The van der Waals surface area contributed by atoms with Crippen LogP contribution in [0.5, 0.6) is 0 Å². The number of ether oxygens (including phenoxy) is 1. The second kappa shape index (κ2) is 6.37. The number of benzene rings is 2. The van der Waals surface area contributed by atoms with Crippen LogP contribution in [-0.2, 0) is 17.6 Å². The van der Waals surface area contributed by atoms with Gasteiger partial charge in [0.2, 0.25) is 0 Å². The van der Waals surface area contributed by atoms with E-state index in [1.807, 2.05) is 36.4 Å². The summed E-state index contributed by atoms with van der Waals surface area (Å²) in [5, 5.41) is 10.6. The molecule has 2 aromatic rings. The summed E-state index contributed by atoms with van der Waals surface area (Å²) in [6.45, 7) is 0.303. The van der Waals surface area contributed by atoms with Gasteiger partial charge in [0.1, 0.15) is 6.10 Å². The Morgan fingerprint density at radius 2 is 1.48 bits per heavy atom. The molecule has 0 saturated heterocycles. The molecule has 0 saturated carbocycles. The summed E-state index contributed by atoms with van der Waals surface area (Å²) in [4.78, 5) is 0. The molecule has 0 aliphatic heterocycles. The number of fused-ring (bicyclic) bond motifs is 2. The lowest BCUT2D eigenvalue weighted by molar-refractivity contribution is 0.0498. The Balaban J connectivity index is 2.10. The van der Waals surface area contributed by atoms with Gasteiger partial charge in [-0.1, -0.05) is 35.3 Å². The van der Waals surface area contributed by atoms with Crippen LogP contribution in [0.1, 0.15) is 28.4 Å². The molecule has 0 aromatic heterocycles. The maximum Gasteiger partial charge on any atom is 0.108 e. The smallest absolute Gasteiger partial charge is 0.108 e. The molecule has 1 aliphatic rings. The second-order valence-corrected chi connectivity index (χ2v) is 6.03. The lowest BCUT2D eigenvalue weighted by Gasteiger charge is -2.21. The predicted molar refractivity (Wildman–Crippen MR) is 85.2 cm³/mol. The van der Waals surface area contributed by atoms with Crippen molar-refractivity contribution in [2.45, 2.75) is 18.9 Å². The van der Waals surface area contributed by atoms with Crippen molar-refractivity contribution < 1.29 is 9.84 Å². The summed E-state index contributed by atoms with van der Waals surface area (Å²) < 4.78 is 5.91. The van der Waals surface area contributed by atoms with Gasteiger partial charge in [-0.05, 0) is 59.4 Å². The highest BCUT2D eigenvalue weighted by Crippen LogP contribution is 2.37. The highest BCUT2D eigenvalue weighted by Gasteiger charge is 2.24. The van der Waals surface area contributed by atoms with Crippen LogP contribution in [0.3, 0.4) is 0 Å². The van der Waals surface area contributed by atoms with Crippen LogP contribution in [0.25, 0.3) is 0 Å². The number of aliphatic hydroxyl groups is 1. The first-order chi connectivity index (χ1) is 10.2. The minimum atomic E-state index is -0.181. The largest absolute Gasteiger partial charge is 0.394 e. The Labute approximate surface area is 134 Å². The Bertz CT molecular complexity index is 602. The molecule has 1 aliphatic carbocycles. The maximum atomic E-state index is 9.08. The molecule has 4 heteroatoms. The Hall–Kier alpha value is -1.06. The fourth-order valence-electron chi connectivity index (χ4n) is 2.88. The summed E-state index contributed by atoms with van der Waals surface area (Å²) in [7, 11) is 0. The van der Waals surface area contributed by atoms with E-state index in [-0.39, 0.29) is 12.7 Å². The van der Waals surface area contributed by atoms with Crippen LogP contribution < -0.4 is 0 Å². The van der Waals surface area contributed by atoms with Crippen molar-refractivity contribution >= 4 is 23.2 Å². The topological polar surface area (TPSA) is 29.5 Å². The third kappa shape index (κ3) is 3.09. The van der Waals surface area contributed by atoms with E-state index in [1.165, 1.54) is 11.1 Å². The highest BCUT2D eigenvalue weighted by molar-refractivity contribution is 6.31. The van der Waals surface area contributed by atoms with Crippen LogP contribution in [0.15, 0.2) is 36.4 Å². The molecule has 0 unspecified atom stereocenters. The highest BCUT2D eigenvalue weighted by atomic mass is 35.5. The monoisotopic (exact) mass is 322 g/mol. The number of aliphatic hydroxyl groups excluding tert-OH is 1. The van der Waals surface area contributed by atoms with Gasteiger partial charge in [-0.3, -0.25) is 0 Å². The SMILES string of the molecule is OCCOC1c2ccc(Cl)cc2CCc2cc(Cl)ccc21. The van der Waals surface area contributed by atoms with Gasteiger partial charge >= 0.3 is 0 Å². The summed E-state index contributed by atoms with van der Waals surface area (Å²) >= 11 is 12.2. The lowest BCUT2D eigenvalue weighted by atomic mass is 9.97. The van der Waals surface area contributed by atoms with Crippen molar-refractivity contribution in [2.24, 2.45) is 0 Å². The van der Waals surface area contributed by atoms with E-state index in [4.69, 9.17) is 33.0 Å². The van der Waals surface area contributed by atoms with Crippen molar-refractivity contribution in [3.8, 4) is 0 Å². The molecule has 21 heavy (non-hydrogen) atoms. The zero-order chi connectivity index (χ0) is 14.8. The first kappa shape index (κ1) is 14.9. The minimum absolute atomic E-state index is 0.00233. The van der Waals surface area contributed by atoms with Crippen LogP contribution in [0.4, 0.5) is 0 Å². The van der Waals surface area contributed by atoms with Crippen LogP contribution in [-0.4, -0.2) is 18.3 Å². The quantitative estimate of drug-likeness (QED) is 0.918. The van der Waals surface area contributed by atoms with E-state index in [2.05, 4.69) is 0 Å². The first-order valence-electron chi connectivity index (χ1n) is 6.98. The summed E-state index contributed by atoms with van der Waals surface area (Å²) in [6.07, 6.45) is 1.63. The molecule has 0 radical (unpaired) electrons. The molecule has 0 bridgehead atoms. The van der Waals surface area contributed by atoms with Gasteiger partial charge < -0.3 is 9.84 Å². The Kier molecular flexibility index (Phi) is 4.51. The molecule has 0 atom stereocenters. The van der Waals surface area contributed by atoms with E-state index in [1.54, 1.807) is 0 Å². The van der Waals surface area contributed by atoms with E-state index in [0.717, 1.165) is 34.0 Å². The third-order valence-electron chi connectivity index (χ3n) is 3.81. The van der Waals surface area contributed by atoms with E-state index in [9.17, 15) is 0 Å². The fourth-order valence-corrected chi connectivity index (χ4v) is 3.27. The zero-order valence-corrected chi connectivity index (χ0v) is 13.0. The Morgan fingerprint density at radius 1 is 0.952 bits per heavy atom. The predicted octanol–water partition coefficient (Wildman–Crippen LogP) is 4.19. The first-order valence-corrected chi connectivity index (χ1v) is 7.74. The second-order valence-electron chi connectivity index (χ2n) is 5.16. The van der Waals surface area contributed by atoms with Crippen molar-refractivity contribution in [1.82, 2.24) is 0 Å². The van der Waals surface area contributed by atoms with Crippen molar-refractivity contribution in [1.29, 1.82) is 0 Å². The molecular weight excluding hydrogens is 307 g/mol. The van der Waals surface area contributed by atoms with Gasteiger partial charge in [0, 0.05) is 10.0 Å². The maximum absolute atomic E-state index is 9.08. The molecule has 2 nitrogen and oxygen atoms in total. The molecule has 0 heterocycles. The molecule has 1 N–H and O–H groups in total. The van der Waals surface area contributed by atoms with Gasteiger partial charge in [0.25, 0.3) is 0 Å². The van der Waals surface area contributed by atoms with Crippen molar-refractivity contribution in [3.63, 3.8) is 0 Å². The van der Waals surface area contributed by atoms with Crippen LogP contribution in [0, 0.1) is 0 Å². The van der Waals surface area contributed by atoms with E-state index in [0.29, 0.717) is 6.61 Å². The number of hydrogen-bond acceptors (Lipinski definition) is 2. The van der Waals surface area contributed by atoms with Gasteiger partial charge in [-0.15, -0.1) is 0 Å². The van der Waals surface area contributed by atoms with E-state index >= 15 is 0 Å². The van der Waals surface area contributed by atoms with Gasteiger partial charge in [0.05, 0.1) is 13.2 Å². The summed E-state index contributed by atoms with van der Waals surface area (Å²) in [5.74, 6) is 0. The number of halogens is 2. The van der Waals surface area contributed by atoms with Gasteiger partial charge in [-0.2, -0.15) is 0 Å². The van der Waals surface area contributed by atoms with Gasteiger partial charge in [0.15, 0.2) is 0 Å². The molecule has 0 fully saturated rings. The summed E-state index contributed by atoms with van der Waals surface area (Å²) in [6, 6.07) is 11.8. The van der Waals surface area contributed by atoms with Gasteiger partial charge in [-0.25, -0.2) is 0 Å². The van der Waals surface area contributed by atoms with Crippen LogP contribution in [0.2, 0.25) is 10.0 Å². The van der Waals surface area contributed by atoms with Crippen LogP contribution >= 0.6 is 23.2 Å². The number of aryl methyl sites for hydroxylation is 2. The average Bonchev–Trinajstić information content (AvgIpc) is 2.61. The van der Waals surface area contributed by atoms with E-state index < -0.39 is 0 Å². The van der Waals surface area contributed by atoms with Crippen molar-refractivity contribution in [2.75, 3.05) is 13.2 Å². The van der Waals surface area contributed by atoms with Crippen molar-refractivity contribution in [3.05, 3.63) is 68.7 Å². The number of rotatable bonds is 3. The Morgan fingerprint density at radius 3 is 1.95 bits per heavy atom. The molecule has 2 aromatic carbocycles.